The van der Waals surface area contributed by atoms with Crippen molar-refractivity contribution in [2.75, 3.05) is 32.8 Å². The first-order valence-electron chi connectivity index (χ1n) is 4.77. The molecule has 72 valence electrons. The van der Waals surface area contributed by atoms with Crippen molar-refractivity contribution in [3.8, 4) is 0 Å². The highest BCUT2D eigenvalue weighted by Crippen LogP contribution is 2.10. The topological polar surface area (TPSA) is 12.5 Å². The summed E-state index contributed by atoms with van der Waals surface area (Å²) in [4.78, 5) is 3.97. The molecule has 2 rings (SSSR count). The lowest BCUT2D eigenvalue weighted by Gasteiger charge is -2.26. The van der Waals surface area contributed by atoms with Gasteiger partial charge in [0.15, 0.2) is 0 Å². The quantitative estimate of drug-likeness (QED) is 0.730. The lowest BCUT2D eigenvalue weighted by molar-refractivity contribution is 0.0385. The van der Waals surface area contributed by atoms with Gasteiger partial charge in [-0.05, 0) is 17.9 Å². The first-order valence-corrected chi connectivity index (χ1v) is 5.65. The summed E-state index contributed by atoms with van der Waals surface area (Å²) in [5, 5.41) is 2.15. The van der Waals surface area contributed by atoms with Crippen molar-refractivity contribution in [2.24, 2.45) is 0 Å². The first-order chi connectivity index (χ1) is 6.45. The van der Waals surface area contributed by atoms with E-state index in [0.29, 0.717) is 0 Å². The van der Waals surface area contributed by atoms with Crippen molar-refractivity contribution < 1.29 is 4.74 Å². The molecule has 0 aliphatic carbocycles. The van der Waals surface area contributed by atoms with Crippen LogP contribution < -0.4 is 0 Å². The van der Waals surface area contributed by atoms with Gasteiger partial charge in [-0.2, -0.15) is 0 Å². The van der Waals surface area contributed by atoms with Crippen LogP contribution in [0.15, 0.2) is 17.5 Å². The smallest absolute Gasteiger partial charge is 0.0594 e. The van der Waals surface area contributed by atoms with E-state index >= 15 is 0 Å². The molecule has 1 aromatic heterocycles. The van der Waals surface area contributed by atoms with Crippen LogP contribution in [0.25, 0.3) is 0 Å². The second-order valence-electron chi connectivity index (χ2n) is 3.28. The summed E-state index contributed by atoms with van der Waals surface area (Å²) in [6, 6.07) is 4.34. The van der Waals surface area contributed by atoms with E-state index in [-0.39, 0.29) is 0 Å². The molecule has 0 radical (unpaired) electrons. The zero-order valence-electron chi connectivity index (χ0n) is 7.74. The van der Waals surface area contributed by atoms with Crippen LogP contribution in [0.3, 0.4) is 0 Å². The number of morpholine rings is 1. The molecule has 13 heavy (non-hydrogen) atoms. The lowest BCUT2D eigenvalue weighted by Crippen LogP contribution is -2.37. The molecule has 0 unspecified atom stereocenters. The zero-order chi connectivity index (χ0) is 8.93. The molecule has 2 nitrogen and oxygen atoms in total. The van der Waals surface area contributed by atoms with Crippen LogP contribution in [-0.2, 0) is 11.2 Å². The molecule has 0 atom stereocenters. The first kappa shape index (κ1) is 9.19. The fraction of sp³-hybridized carbons (Fsp3) is 0.600. The minimum Gasteiger partial charge on any atom is -0.379 e. The Kier molecular flexibility index (Phi) is 3.35. The SMILES string of the molecule is c1csc(CCN2CCOCC2)c1. The molecule has 0 aromatic carbocycles. The molecule has 3 heteroatoms. The molecule has 1 aromatic rings. The Morgan fingerprint density at radius 3 is 2.92 bits per heavy atom. The van der Waals surface area contributed by atoms with Gasteiger partial charge in [0, 0.05) is 24.5 Å². The second-order valence-corrected chi connectivity index (χ2v) is 4.32. The Morgan fingerprint density at radius 2 is 2.23 bits per heavy atom. The Hall–Kier alpha value is -0.380. The van der Waals surface area contributed by atoms with E-state index in [9.17, 15) is 0 Å². The van der Waals surface area contributed by atoms with Crippen LogP contribution in [0.2, 0.25) is 0 Å². The van der Waals surface area contributed by atoms with Gasteiger partial charge < -0.3 is 4.74 Å². The van der Waals surface area contributed by atoms with Gasteiger partial charge >= 0.3 is 0 Å². The van der Waals surface area contributed by atoms with Crippen molar-refractivity contribution in [2.45, 2.75) is 6.42 Å². The molecule has 0 bridgehead atoms. The van der Waals surface area contributed by atoms with Crippen LogP contribution in [0.1, 0.15) is 4.88 Å². The number of nitrogens with zero attached hydrogens (tertiary/aromatic N) is 1. The Labute approximate surface area is 83.1 Å². The van der Waals surface area contributed by atoms with Crippen LogP contribution in [0.5, 0.6) is 0 Å². The summed E-state index contributed by atoms with van der Waals surface area (Å²) in [6.45, 7) is 5.20. The molecule has 1 aliphatic heterocycles. The van der Waals surface area contributed by atoms with Gasteiger partial charge in [0.2, 0.25) is 0 Å². The average molecular weight is 197 g/mol. The van der Waals surface area contributed by atoms with E-state index in [4.69, 9.17) is 4.74 Å². The van der Waals surface area contributed by atoms with Crippen LogP contribution in [0, 0.1) is 0 Å². The van der Waals surface area contributed by atoms with Gasteiger partial charge in [-0.25, -0.2) is 0 Å². The predicted molar refractivity (Wildman–Crippen MR) is 55.3 cm³/mol. The van der Waals surface area contributed by atoms with E-state index in [2.05, 4.69) is 22.4 Å². The lowest BCUT2D eigenvalue weighted by atomic mass is 10.3. The van der Waals surface area contributed by atoms with Crippen molar-refractivity contribution in [3.05, 3.63) is 22.4 Å². The standard InChI is InChI=1S/C10H15NOS/c1-2-10(13-9-1)3-4-11-5-7-12-8-6-11/h1-2,9H,3-8H2. The highest BCUT2D eigenvalue weighted by molar-refractivity contribution is 7.09. The maximum Gasteiger partial charge on any atom is 0.0594 e. The van der Waals surface area contributed by atoms with Crippen molar-refractivity contribution in [3.63, 3.8) is 0 Å². The van der Waals surface area contributed by atoms with E-state index in [1.807, 2.05) is 11.3 Å². The molecule has 0 spiro atoms. The van der Waals surface area contributed by atoms with Gasteiger partial charge in [-0.1, -0.05) is 6.07 Å². The Balaban J connectivity index is 1.72. The molecule has 0 N–H and O–H groups in total. The summed E-state index contributed by atoms with van der Waals surface area (Å²) in [6.07, 6.45) is 1.19. The van der Waals surface area contributed by atoms with Crippen molar-refractivity contribution in [1.82, 2.24) is 4.90 Å². The van der Waals surface area contributed by atoms with Crippen LogP contribution in [0.4, 0.5) is 0 Å². The molecule has 0 amide bonds. The van der Waals surface area contributed by atoms with Crippen LogP contribution >= 0.6 is 11.3 Å². The number of rotatable bonds is 3. The largest absolute Gasteiger partial charge is 0.379 e. The molecule has 1 aliphatic rings. The third-order valence-electron chi connectivity index (χ3n) is 2.36. The minimum atomic E-state index is 0.907. The average Bonchev–Trinajstić information content (AvgIpc) is 2.69. The number of hydrogen-bond acceptors (Lipinski definition) is 3. The maximum atomic E-state index is 5.30. The molecule has 2 heterocycles. The van der Waals surface area contributed by atoms with Crippen molar-refractivity contribution in [1.29, 1.82) is 0 Å². The number of hydrogen-bond donors (Lipinski definition) is 0. The molecular weight excluding hydrogens is 182 g/mol. The Bertz CT molecular complexity index is 229. The van der Waals surface area contributed by atoms with Crippen LogP contribution in [-0.4, -0.2) is 37.7 Å². The van der Waals surface area contributed by atoms with Gasteiger partial charge in [0.25, 0.3) is 0 Å². The normalized spacial score (nSPS) is 19.1. The van der Waals surface area contributed by atoms with E-state index in [1.54, 1.807) is 0 Å². The van der Waals surface area contributed by atoms with E-state index < -0.39 is 0 Å². The highest BCUT2D eigenvalue weighted by Gasteiger charge is 2.09. The number of ether oxygens (including phenoxy) is 1. The molecule has 1 fully saturated rings. The van der Waals surface area contributed by atoms with E-state index in [0.717, 1.165) is 26.3 Å². The molecule has 1 saturated heterocycles. The summed E-state index contributed by atoms with van der Waals surface area (Å²) >= 11 is 1.85. The van der Waals surface area contributed by atoms with E-state index in [1.165, 1.54) is 17.8 Å². The summed E-state index contributed by atoms with van der Waals surface area (Å²) in [5.74, 6) is 0. The summed E-state index contributed by atoms with van der Waals surface area (Å²) in [7, 11) is 0. The summed E-state index contributed by atoms with van der Waals surface area (Å²) < 4.78 is 5.30. The second kappa shape index (κ2) is 4.74. The minimum absolute atomic E-state index is 0.907. The maximum absolute atomic E-state index is 5.30. The fourth-order valence-electron chi connectivity index (χ4n) is 1.55. The Morgan fingerprint density at radius 1 is 1.38 bits per heavy atom. The van der Waals surface area contributed by atoms with Gasteiger partial charge in [-0.3, -0.25) is 4.90 Å². The zero-order valence-corrected chi connectivity index (χ0v) is 8.55. The monoisotopic (exact) mass is 197 g/mol. The molecular formula is C10H15NOS. The predicted octanol–water partition coefficient (Wildman–Crippen LogP) is 1.62. The van der Waals surface area contributed by atoms with Crippen molar-refractivity contribution >= 4 is 11.3 Å². The van der Waals surface area contributed by atoms with Gasteiger partial charge in [-0.15, -0.1) is 11.3 Å². The number of thiophene rings is 1. The third kappa shape index (κ3) is 2.79. The summed E-state index contributed by atoms with van der Waals surface area (Å²) in [5.41, 5.74) is 0. The third-order valence-corrected chi connectivity index (χ3v) is 3.29. The van der Waals surface area contributed by atoms with Gasteiger partial charge in [0.05, 0.1) is 13.2 Å². The fourth-order valence-corrected chi connectivity index (χ4v) is 2.25. The van der Waals surface area contributed by atoms with Gasteiger partial charge in [0.1, 0.15) is 0 Å². The molecule has 0 saturated carbocycles. The highest BCUT2D eigenvalue weighted by atomic mass is 32.1.